The summed E-state index contributed by atoms with van der Waals surface area (Å²) in [5, 5.41) is 12.9. The lowest BCUT2D eigenvalue weighted by atomic mass is 10.1. The van der Waals surface area contributed by atoms with Crippen LogP contribution in [0.1, 0.15) is 33.8 Å². The normalized spacial score (nSPS) is 19.7. The Morgan fingerprint density at radius 1 is 1.33 bits per heavy atom. The number of hydrogen-bond donors (Lipinski definition) is 2. The molecule has 27 heavy (non-hydrogen) atoms. The number of nitrogens with zero attached hydrogens (tertiary/aromatic N) is 3. The maximum atomic E-state index is 12.7. The molecular formula is C19H22N4O3S. The Hall–Kier alpha value is -2.45. The van der Waals surface area contributed by atoms with Gasteiger partial charge in [0.15, 0.2) is 5.13 Å². The molecule has 0 saturated carbocycles. The van der Waals surface area contributed by atoms with Gasteiger partial charge in [-0.2, -0.15) is 0 Å². The van der Waals surface area contributed by atoms with Crippen molar-refractivity contribution >= 4 is 34.0 Å². The van der Waals surface area contributed by atoms with Gasteiger partial charge in [-0.15, -0.1) is 11.3 Å². The molecule has 2 aromatic rings. The van der Waals surface area contributed by atoms with Gasteiger partial charge in [0.2, 0.25) is 0 Å². The monoisotopic (exact) mass is 386 g/mol. The molecule has 0 bridgehead atoms. The lowest BCUT2D eigenvalue weighted by Crippen LogP contribution is -2.35. The molecule has 7 nitrogen and oxygen atoms in total. The average Bonchev–Trinajstić information content (AvgIpc) is 3.28. The molecule has 142 valence electrons. The van der Waals surface area contributed by atoms with Crippen molar-refractivity contribution < 1.29 is 14.7 Å². The topological polar surface area (TPSA) is 85.8 Å². The van der Waals surface area contributed by atoms with Crippen molar-refractivity contribution in [2.24, 2.45) is 0 Å². The molecule has 3 heterocycles. The zero-order valence-corrected chi connectivity index (χ0v) is 16.0. The largest absolute Gasteiger partial charge is 0.480 e. The number of aromatic nitrogens is 1. The summed E-state index contributed by atoms with van der Waals surface area (Å²) in [4.78, 5) is 34.0. The molecular weight excluding hydrogens is 364 g/mol. The Bertz CT molecular complexity index is 882. The highest BCUT2D eigenvalue weighted by atomic mass is 32.1. The van der Waals surface area contributed by atoms with Crippen LogP contribution in [0.3, 0.4) is 0 Å². The van der Waals surface area contributed by atoms with Crippen molar-refractivity contribution in [3.63, 3.8) is 0 Å². The molecule has 2 N–H and O–H groups in total. The van der Waals surface area contributed by atoms with Crippen molar-refractivity contribution in [2.75, 3.05) is 30.4 Å². The highest BCUT2D eigenvalue weighted by Gasteiger charge is 2.31. The van der Waals surface area contributed by atoms with E-state index in [4.69, 9.17) is 0 Å². The second kappa shape index (κ2) is 7.28. The molecule has 1 saturated heterocycles. The SMILES string of the molecule is CN1CCc2nc(NC(=O)c3cccc(N4CCC[C@@H]4C(=O)O)c3)sc2C1. The van der Waals surface area contributed by atoms with Crippen LogP contribution in [-0.2, 0) is 17.8 Å². The van der Waals surface area contributed by atoms with Crippen LogP contribution in [0.5, 0.6) is 0 Å². The summed E-state index contributed by atoms with van der Waals surface area (Å²) >= 11 is 1.52. The number of carboxylic acid groups (broad SMARTS) is 1. The molecule has 0 aliphatic carbocycles. The van der Waals surface area contributed by atoms with Crippen molar-refractivity contribution in [1.82, 2.24) is 9.88 Å². The third-order valence-corrected chi connectivity index (χ3v) is 6.12. The first-order valence-corrected chi connectivity index (χ1v) is 9.91. The van der Waals surface area contributed by atoms with Gasteiger partial charge in [-0.25, -0.2) is 9.78 Å². The van der Waals surface area contributed by atoms with Crippen molar-refractivity contribution in [3.05, 3.63) is 40.4 Å². The third kappa shape index (κ3) is 3.68. The molecule has 1 fully saturated rings. The van der Waals surface area contributed by atoms with E-state index in [1.54, 1.807) is 18.2 Å². The standard InChI is InChI=1S/C19H22N4O3S/c1-22-9-7-14-16(11-22)27-19(20-14)21-17(24)12-4-2-5-13(10-12)23-8-3-6-15(23)18(25)26/h2,4-5,10,15H,3,6-9,11H2,1H3,(H,25,26)(H,20,21,24)/t15-/m1/s1. The first-order valence-electron chi connectivity index (χ1n) is 9.09. The fourth-order valence-electron chi connectivity index (χ4n) is 3.70. The van der Waals surface area contributed by atoms with Crippen molar-refractivity contribution in [1.29, 1.82) is 0 Å². The molecule has 0 radical (unpaired) electrons. The Morgan fingerprint density at radius 2 is 2.19 bits per heavy atom. The summed E-state index contributed by atoms with van der Waals surface area (Å²) < 4.78 is 0. The van der Waals surface area contributed by atoms with Crippen LogP contribution in [0.15, 0.2) is 24.3 Å². The summed E-state index contributed by atoms with van der Waals surface area (Å²) in [7, 11) is 2.08. The van der Waals surface area contributed by atoms with Gasteiger partial charge in [-0.1, -0.05) is 6.07 Å². The number of aliphatic carboxylic acids is 1. The summed E-state index contributed by atoms with van der Waals surface area (Å²) in [5.74, 6) is -1.04. The number of carbonyl (C=O) groups is 2. The molecule has 1 aromatic carbocycles. The van der Waals surface area contributed by atoms with E-state index >= 15 is 0 Å². The van der Waals surface area contributed by atoms with Gasteiger partial charge in [0.05, 0.1) is 5.69 Å². The van der Waals surface area contributed by atoms with Gasteiger partial charge in [0.25, 0.3) is 5.91 Å². The number of anilines is 2. The fraction of sp³-hybridized carbons (Fsp3) is 0.421. The number of carbonyl (C=O) groups excluding carboxylic acids is 1. The first kappa shape index (κ1) is 17.9. The minimum atomic E-state index is -0.819. The molecule has 2 aliphatic heterocycles. The zero-order chi connectivity index (χ0) is 19.0. The average molecular weight is 386 g/mol. The number of carboxylic acids is 1. The van der Waals surface area contributed by atoms with E-state index in [1.165, 1.54) is 16.2 Å². The lowest BCUT2D eigenvalue weighted by molar-refractivity contribution is -0.138. The van der Waals surface area contributed by atoms with Gasteiger partial charge in [0, 0.05) is 42.2 Å². The maximum absolute atomic E-state index is 12.7. The highest BCUT2D eigenvalue weighted by molar-refractivity contribution is 7.15. The molecule has 4 rings (SSSR count). The summed E-state index contributed by atoms with van der Waals surface area (Å²) in [6.07, 6.45) is 2.37. The van der Waals surface area contributed by atoms with Crippen LogP contribution in [0, 0.1) is 0 Å². The minimum absolute atomic E-state index is 0.220. The van der Waals surface area contributed by atoms with E-state index in [0.717, 1.165) is 37.3 Å². The summed E-state index contributed by atoms with van der Waals surface area (Å²) in [6.45, 7) is 2.53. The Kier molecular flexibility index (Phi) is 4.84. The van der Waals surface area contributed by atoms with Gasteiger partial charge in [-0.3, -0.25) is 10.1 Å². The van der Waals surface area contributed by atoms with Crippen LogP contribution >= 0.6 is 11.3 Å². The minimum Gasteiger partial charge on any atom is -0.480 e. The number of thiazole rings is 1. The predicted molar refractivity (Wildman–Crippen MR) is 105 cm³/mol. The zero-order valence-electron chi connectivity index (χ0n) is 15.1. The van der Waals surface area contributed by atoms with Gasteiger partial charge in [-0.05, 0) is 38.1 Å². The van der Waals surface area contributed by atoms with Crippen LogP contribution in [0.2, 0.25) is 0 Å². The quantitative estimate of drug-likeness (QED) is 0.839. The van der Waals surface area contributed by atoms with Gasteiger partial charge >= 0.3 is 5.97 Å². The third-order valence-electron chi connectivity index (χ3n) is 5.12. The number of rotatable bonds is 4. The number of likely N-dealkylation sites (N-methyl/N-ethyl adjacent to an activating group) is 1. The smallest absolute Gasteiger partial charge is 0.326 e. The van der Waals surface area contributed by atoms with Crippen LogP contribution in [0.4, 0.5) is 10.8 Å². The van der Waals surface area contributed by atoms with Crippen LogP contribution < -0.4 is 10.2 Å². The second-order valence-electron chi connectivity index (χ2n) is 7.07. The molecule has 8 heteroatoms. The van der Waals surface area contributed by atoms with E-state index in [2.05, 4.69) is 22.2 Å². The second-order valence-corrected chi connectivity index (χ2v) is 8.15. The van der Waals surface area contributed by atoms with Crippen molar-refractivity contribution in [2.45, 2.75) is 31.8 Å². The summed E-state index contributed by atoms with van der Waals surface area (Å²) in [6, 6.07) is 6.63. The number of amides is 1. The molecule has 1 aromatic heterocycles. The van der Waals surface area contributed by atoms with Crippen LogP contribution in [0.25, 0.3) is 0 Å². The van der Waals surface area contributed by atoms with E-state index < -0.39 is 12.0 Å². The van der Waals surface area contributed by atoms with Gasteiger partial charge in [0.1, 0.15) is 6.04 Å². The van der Waals surface area contributed by atoms with E-state index in [0.29, 0.717) is 23.7 Å². The Balaban J connectivity index is 1.50. The molecule has 1 amide bonds. The highest BCUT2D eigenvalue weighted by Crippen LogP contribution is 2.29. The van der Waals surface area contributed by atoms with E-state index in [-0.39, 0.29) is 5.91 Å². The lowest BCUT2D eigenvalue weighted by Gasteiger charge is -2.24. The van der Waals surface area contributed by atoms with E-state index in [9.17, 15) is 14.7 Å². The Labute approximate surface area is 161 Å². The molecule has 0 spiro atoms. The van der Waals surface area contributed by atoms with Crippen molar-refractivity contribution in [3.8, 4) is 0 Å². The molecule has 0 unspecified atom stereocenters. The summed E-state index contributed by atoms with van der Waals surface area (Å²) in [5.41, 5.74) is 2.35. The predicted octanol–water partition coefficient (Wildman–Crippen LogP) is 2.44. The Morgan fingerprint density at radius 3 is 3.00 bits per heavy atom. The maximum Gasteiger partial charge on any atom is 0.326 e. The number of fused-ring (bicyclic) bond motifs is 1. The molecule has 1 atom stereocenters. The first-order chi connectivity index (χ1) is 13.0. The number of hydrogen-bond acceptors (Lipinski definition) is 6. The van der Waals surface area contributed by atoms with Gasteiger partial charge < -0.3 is 14.9 Å². The van der Waals surface area contributed by atoms with Crippen LogP contribution in [-0.4, -0.2) is 53.0 Å². The fourth-order valence-corrected chi connectivity index (χ4v) is 4.79. The molecule has 2 aliphatic rings. The number of benzene rings is 1. The number of nitrogens with one attached hydrogen (secondary N) is 1. The van der Waals surface area contributed by atoms with E-state index in [1.807, 2.05) is 11.0 Å².